The Morgan fingerprint density at radius 1 is 1.19 bits per heavy atom. The summed E-state index contributed by atoms with van der Waals surface area (Å²) in [5.41, 5.74) is 4.46. The van der Waals surface area contributed by atoms with Crippen LogP contribution in [0.2, 0.25) is 0 Å². The lowest BCUT2D eigenvalue weighted by molar-refractivity contribution is 0.0698. The van der Waals surface area contributed by atoms with Crippen molar-refractivity contribution in [2.24, 2.45) is 0 Å². The minimum Gasteiger partial charge on any atom is -0.478 e. The Kier molecular flexibility index (Phi) is 5.72. The Morgan fingerprint density at radius 3 is 2.65 bits per heavy atom. The number of nitriles is 1. The van der Waals surface area contributed by atoms with Crippen LogP contribution in [0.15, 0.2) is 36.4 Å². The third kappa shape index (κ3) is 4.15. The van der Waals surface area contributed by atoms with E-state index in [0.717, 1.165) is 42.6 Å². The predicted molar refractivity (Wildman–Crippen MR) is 120 cm³/mol. The molecule has 0 saturated carbocycles. The van der Waals surface area contributed by atoms with Gasteiger partial charge in [-0.05, 0) is 56.9 Å². The van der Waals surface area contributed by atoms with Gasteiger partial charge in [0.15, 0.2) is 11.5 Å². The van der Waals surface area contributed by atoms with E-state index in [4.69, 9.17) is 4.98 Å². The Hall–Kier alpha value is -3.66. The molecule has 4 rings (SSSR count). The highest BCUT2D eigenvalue weighted by molar-refractivity contribution is 5.94. The van der Waals surface area contributed by atoms with E-state index >= 15 is 0 Å². The first kappa shape index (κ1) is 20.6. The molecule has 0 aliphatic carbocycles. The van der Waals surface area contributed by atoms with Gasteiger partial charge in [0.2, 0.25) is 0 Å². The van der Waals surface area contributed by atoms with Gasteiger partial charge in [-0.2, -0.15) is 5.26 Å². The van der Waals surface area contributed by atoms with Gasteiger partial charge in [0.05, 0.1) is 22.6 Å². The fraction of sp³-hybridized carbons (Fsp3) is 0.333. The summed E-state index contributed by atoms with van der Waals surface area (Å²) in [6, 6.07) is 12.8. The molecule has 2 aromatic carbocycles. The lowest BCUT2D eigenvalue weighted by Gasteiger charge is -2.28. The van der Waals surface area contributed by atoms with Crippen molar-refractivity contribution in [3.05, 3.63) is 58.8 Å². The van der Waals surface area contributed by atoms with Crippen LogP contribution in [0.5, 0.6) is 0 Å². The summed E-state index contributed by atoms with van der Waals surface area (Å²) in [5.74, 6) is -0.340. The van der Waals surface area contributed by atoms with E-state index in [2.05, 4.69) is 21.3 Å². The normalized spacial score (nSPS) is 14.8. The van der Waals surface area contributed by atoms with Crippen molar-refractivity contribution in [2.75, 3.05) is 23.3 Å². The maximum absolute atomic E-state index is 11.6. The zero-order chi connectivity index (χ0) is 22.0. The van der Waals surface area contributed by atoms with E-state index in [9.17, 15) is 15.2 Å². The molecule has 2 N–H and O–H groups in total. The number of fused-ring (bicyclic) bond motifs is 1. The van der Waals surface area contributed by atoms with Gasteiger partial charge >= 0.3 is 5.97 Å². The molecule has 31 heavy (non-hydrogen) atoms. The third-order valence-electron chi connectivity index (χ3n) is 5.68. The lowest BCUT2D eigenvalue weighted by Crippen LogP contribution is -2.31. The Labute approximate surface area is 181 Å². The first-order valence-electron chi connectivity index (χ1n) is 10.5. The second-order valence-electron chi connectivity index (χ2n) is 7.99. The van der Waals surface area contributed by atoms with Crippen LogP contribution in [0.25, 0.3) is 11.0 Å². The number of nitrogens with one attached hydrogen (secondary N) is 1. The second kappa shape index (κ2) is 8.60. The monoisotopic (exact) mass is 415 g/mol. The lowest BCUT2D eigenvalue weighted by atomic mass is 10.0. The number of aromatic nitrogens is 2. The van der Waals surface area contributed by atoms with Crippen molar-refractivity contribution in [1.29, 1.82) is 5.26 Å². The molecule has 0 spiro atoms. The second-order valence-corrected chi connectivity index (χ2v) is 7.99. The van der Waals surface area contributed by atoms with E-state index in [-0.39, 0.29) is 11.6 Å². The number of aryl methyl sites for hydroxylation is 1. The average molecular weight is 415 g/mol. The summed E-state index contributed by atoms with van der Waals surface area (Å²) in [6.45, 7) is 5.70. The van der Waals surface area contributed by atoms with Crippen molar-refractivity contribution in [2.45, 2.75) is 39.2 Å². The van der Waals surface area contributed by atoms with Crippen LogP contribution >= 0.6 is 0 Å². The van der Waals surface area contributed by atoms with Crippen molar-refractivity contribution in [3.63, 3.8) is 0 Å². The van der Waals surface area contributed by atoms with Crippen LogP contribution in [0.1, 0.15) is 59.4 Å². The maximum atomic E-state index is 11.6. The molecule has 2 heterocycles. The van der Waals surface area contributed by atoms with Gasteiger partial charge in [-0.25, -0.2) is 14.8 Å². The molecule has 0 bridgehead atoms. The smallest absolute Gasteiger partial charge is 0.337 e. The van der Waals surface area contributed by atoms with Gasteiger partial charge in [-0.15, -0.1) is 0 Å². The molecule has 158 valence electrons. The Balaban J connectivity index is 1.80. The predicted octanol–water partition coefficient (Wildman–Crippen LogP) is 4.67. The van der Waals surface area contributed by atoms with Crippen molar-refractivity contribution >= 4 is 28.5 Å². The number of aromatic carboxylic acids is 1. The molecule has 1 unspecified atom stereocenters. The summed E-state index contributed by atoms with van der Waals surface area (Å²) in [6.07, 6.45) is 3.35. The SMILES string of the molecule is Cc1cc(C(C)Nc2ccccc2C(=O)O)c2nc(N3CCCCC3)c(C#N)nc2c1. The summed E-state index contributed by atoms with van der Waals surface area (Å²) in [4.78, 5) is 23.3. The number of carbonyl (C=O) groups is 1. The summed E-state index contributed by atoms with van der Waals surface area (Å²) in [7, 11) is 0. The number of piperidine rings is 1. The molecule has 1 atom stereocenters. The van der Waals surface area contributed by atoms with Gasteiger partial charge in [0, 0.05) is 24.3 Å². The van der Waals surface area contributed by atoms with E-state index < -0.39 is 5.97 Å². The van der Waals surface area contributed by atoms with Crippen LogP contribution < -0.4 is 10.2 Å². The highest BCUT2D eigenvalue weighted by Gasteiger charge is 2.21. The van der Waals surface area contributed by atoms with Crippen LogP contribution in [0.3, 0.4) is 0 Å². The highest BCUT2D eigenvalue weighted by atomic mass is 16.4. The first-order valence-corrected chi connectivity index (χ1v) is 10.5. The molecule has 0 radical (unpaired) electrons. The minimum atomic E-state index is -0.977. The molecule has 1 aromatic heterocycles. The number of nitrogens with zero attached hydrogens (tertiary/aromatic N) is 4. The first-order chi connectivity index (χ1) is 15.0. The van der Waals surface area contributed by atoms with Gasteiger partial charge in [-0.1, -0.05) is 18.2 Å². The molecule has 7 heteroatoms. The van der Waals surface area contributed by atoms with Crippen LogP contribution in [-0.4, -0.2) is 34.1 Å². The average Bonchev–Trinajstić information content (AvgIpc) is 2.78. The van der Waals surface area contributed by atoms with Crippen LogP contribution in [-0.2, 0) is 0 Å². The Bertz CT molecular complexity index is 1180. The molecular weight excluding hydrogens is 390 g/mol. The number of para-hydroxylation sites is 1. The van der Waals surface area contributed by atoms with E-state index in [1.807, 2.05) is 32.0 Å². The number of hydrogen-bond acceptors (Lipinski definition) is 6. The minimum absolute atomic E-state index is 0.209. The molecule has 1 fully saturated rings. The molecule has 3 aromatic rings. The molecule has 1 saturated heterocycles. The third-order valence-corrected chi connectivity index (χ3v) is 5.68. The van der Waals surface area contributed by atoms with Gasteiger partial charge in [0.1, 0.15) is 6.07 Å². The zero-order valence-corrected chi connectivity index (χ0v) is 17.7. The van der Waals surface area contributed by atoms with Crippen LogP contribution in [0.4, 0.5) is 11.5 Å². The number of anilines is 2. The number of carboxylic acids is 1. The fourth-order valence-electron chi connectivity index (χ4n) is 4.16. The standard InChI is InChI=1S/C24H25N5O2/c1-15-12-18(16(2)26-19-9-5-4-8-17(19)24(30)31)22-20(13-15)27-21(14-25)23(28-22)29-10-6-3-7-11-29/h4-5,8-9,12-13,16,26H,3,6-7,10-11H2,1-2H3,(H,30,31). The summed E-state index contributed by atoms with van der Waals surface area (Å²) < 4.78 is 0. The fourth-order valence-corrected chi connectivity index (χ4v) is 4.16. The topological polar surface area (TPSA) is 102 Å². The van der Waals surface area contributed by atoms with Gasteiger partial charge in [-0.3, -0.25) is 0 Å². The van der Waals surface area contributed by atoms with Gasteiger partial charge in [0.25, 0.3) is 0 Å². The zero-order valence-electron chi connectivity index (χ0n) is 17.7. The van der Waals surface area contributed by atoms with Gasteiger partial charge < -0.3 is 15.3 Å². The van der Waals surface area contributed by atoms with E-state index in [1.54, 1.807) is 18.2 Å². The van der Waals surface area contributed by atoms with Crippen molar-refractivity contribution in [1.82, 2.24) is 9.97 Å². The van der Waals surface area contributed by atoms with Crippen LogP contribution in [0, 0.1) is 18.3 Å². The van der Waals surface area contributed by atoms with Crippen molar-refractivity contribution < 1.29 is 9.90 Å². The summed E-state index contributed by atoms with van der Waals surface area (Å²) in [5, 5.41) is 22.5. The number of carboxylic acid groups (broad SMARTS) is 1. The maximum Gasteiger partial charge on any atom is 0.337 e. The number of benzene rings is 2. The van der Waals surface area contributed by atoms with Crippen molar-refractivity contribution in [3.8, 4) is 6.07 Å². The van der Waals surface area contributed by atoms with E-state index in [1.165, 1.54) is 6.42 Å². The number of hydrogen-bond donors (Lipinski definition) is 2. The highest BCUT2D eigenvalue weighted by Crippen LogP contribution is 2.31. The molecule has 1 aliphatic rings. The molecule has 7 nitrogen and oxygen atoms in total. The quantitative estimate of drug-likeness (QED) is 0.624. The Morgan fingerprint density at radius 2 is 1.94 bits per heavy atom. The molecule has 1 aliphatic heterocycles. The molecular formula is C24H25N5O2. The molecule has 0 amide bonds. The number of rotatable bonds is 5. The summed E-state index contributed by atoms with van der Waals surface area (Å²) >= 11 is 0. The largest absolute Gasteiger partial charge is 0.478 e. The van der Waals surface area contributed by atoms with E-state index in [0.29, 0.717) is 22.7 Å².